The summed E-state index contributed by atoms with van der Waals surface area (Å²) in [6.45, 7) is 6.65. The summed E-state index contributed by atoms with van der Waals surface area (Å²) in [7, 11) is 0. The SMILES string of the molecule is CCCCC/C=C\C/C=C\CCCCCCCCCC(=O)OC[C@@H](COC(=O)CCCCCCCCCCCCCCC)OC(=O)CCCCCCCCCCCCCCCCC. The standard InChI is InChI=1S/C57H106O6/c1-4-7-10-13-16-19-22-25-27-28-30-32-35-38-41-44-47-50-56(59)62-53-54(52-61-55(58)49-46-43-40-37-34-31-24-21-18-15-12-9-6-3)63-57(60)51-48-45-42-39-36-33-29-26-23-20-17-14-11-8-5-2/h16,19,25,27,54H,4-15,17-18,20-24,26,28-53H2,1-3H3/b19-16-,27-25-/t54-/m1/s1. The Morgan fingerprint density at radius 3 is 0.905 bits per heavy atom. The zero-order valence-electron chi connectivity index (χ0n) is 42.4. The molecule has 1 atom stereocenters. The lowest BCUT2D eigenvalue weighted by atomic mass is 10.0. The van der Waals surface area contributed by atoms with E-state index in [2.05, 4.69) is 45.1 Å². The summed E-state index contributed by atoms with van der Waals surface area (Å²) < 4.78 is 16.9. The van der Waals surface area contributed by atoms with Gasteiger partial charge in [0.05, 0.1) is 0 Å². The van der Waals surface area contributed by atoms with Gasteiger partial charge in [-0.3, -0.25) is 14.4 Å². The van der Waals surface area contributed by atoms with Crippen LogP contribution < -0.4 is 0 Å². The maximum absolute atomic E-state index is 12.8. The Morgan fingerprint density at radius 2 is 0.571 bits per heavy atom. The fraction of sp³-hybridized carbons (Fsp3) is 0.877. The number of rotatable bonds is 51. The zero-order chi connectivity index (χ0) is 45.8. The van der Waals surface area contributed by atoms with Crippen molar-refractivity contribution < 1.29 is 28.6 Å². The molecule has 0 fully saturated rings. The maximum Gasteiger partial charge on any atom is 0.306 e. The van der Waals surface area contributed by atoms with Crippen LogP contribution in [0.25, 0.3) is 0 Å². The number of carbonyl (C=O) groups excluding carboxylic acids is 3. The minimum absolute atomic E-state index is 0.0683. The number of hydrogen-bond donors (Lipinski definition) is 0. The van der Waals surface area contributed by atoms with E-state index in [-0.39, 0.29) is 31.1 Å². The first kappa shape index (κ1) is 60.9. The molecule has 0 rings (SSSR count). The fourth-order valence-corrected chi connectivity index (χ4v) is 8.24. The van der Waals surface area contributed by atoms with Gasteiger partial charge in [0.2, 0.25) is 0 Å². The second-order valence-electron chi connectivity index (χ2n) is 18.9. The van der Waals surface area contributed by atoms with Gasteiger partial charge in [-0.1, -0.05) is 257 Å². The molecule has 0 aliphatic heterocycles. The van der Waals surface area contributed by atoms with E-state index < -0.39 is 6.10 Å². The summed E-state index contributed by atoms with van der Waals surface area (Å²) in [4.78, 5) is 38.1. The Morgan fingerprint density at radius 1 is 0.317 bits per heavy atom. The number of carbonyl (C=O) groups is 3. The molecule has 6 nitrogen and oxygen atoms in total. The van der Waals surface area contributed by atoms with E-state index in [1.807, 2.05) is 0 Å². The third-order valence-corrected chi connectivity index (χ3v) is 12.5. The molecule has 0 spiro atoms. The van der Waals surface area contributed by atoms with Crippen LogP contribution in [0.15, 0.2) is 24.3 Å². The van der Waals surface area contributed by atoms with E-state index in [1.54, 1.807) is 0 Å². The Hall–Kier alpha value is -2.11. The minimum Gasteiger partial charge on any atom is -0.462 e. The van der Waals surface area contributed by atoms with Gasteiger partial charge in [0, 0.05) is 19.3 Å². The number of ether oxygens (including phenoxy) is 3. The highest BCUT2D eigenvalue weighted by Crippen LogP contribution is 2.16. The topological polar surface area (TPSA) is 78.9 Å². The average molecular weight is 887 g/mol. The summed E-state index contributed by atoms with van der Waals surface area (Å²) in [5, 5.41) is 0. The van der Waals surface area contributed by atoms with Crippen molar-refractivity contribution in [2.24, 2.45) is 0 Å². The Kier molecular flexibility index (Phi) is 50.8. The number of hydrogen-bond acceptors (Lipinski definition) is 6. The molecular weight excluding hydrogens is 781 g/mol. The van der Waals surface area contributed by atoms with Gasteiger partial charge in [0.15, 0.2) is 6.10 Å². The van der Waals surface area contributed by atoms with Gasteiger partial charge in [-0.25, -0.2) is 0 Å². The summed E-state index contributed by atoms with van der Waals surface area (Å²) >= 11 is 0. The summed E-state index contributed by atoms with van der Waals surface area (Å²) in [5.74, 6) is -0.857. The largest absolute Gasteiger partial charge is 0.462 e. The van der Waals surface area contributed by atoms with Crippen LogP contribution in [0, 0.1) is 0 Å². The van der Waals surface area contributed by atoms with E-state index in [0.29, 0.717) is 19.3 Å². The van der Waals surface area contributed by atoms with E-state index in [0.717, 1.165) is 70.6 Å². The molecule has 6 heteroatoms. The molecule has 370 valence electrons. The van der Waals surface area contributed by atoms with Crippen molar-refractivity contribution in [1.29, 1.82) is 0 Å². The highest BCUT2D eigenvalue weighted by molar-refractivity contribution is 5.71. The maximum atomic E-state index is 12.8. The fourth-order valence-electron chi connectivity index (χ4n) is 8.24. The van der Waals surface area contributed by atoms with Gasteiger partial charge in [0.25, 0.3) is 0 Å². The molecule has 0 radical (unpaired) electrons. The Bertz CT molecular complexity index is 1020. The third-order valence-electron chi connectivity index (χ3n) is 12.5. The van der Waals surface area contributed by atoms with Gasteiger partial charge in [-0.05, 0) is 51.4 Å². The van der Waals surface area contributed by atoms with Crippen LogP contribution in [-0.2, 0) is 28.6 Å². The van der Waals surface area contributed by atoms with Crippen molar-refractivity contribution in [3.63, 3.8) is 0 Å². The zero-order valence-corrected chi connectivity index (χ0v) is 42.4. The molecule has 0 aromatic rings. The molecule has 0 amide bonds. The smallest absolute Gasteiger partial charge is 0.306 e. The molecule has 0 aliphatic rings. The molecule has 63 heavy (non-hydrogen) atoms. The van der Waals surface area contributed by atoms with Crippen molar-refractivity contribution in [3.05, 3.63) is 24.3 Å². The predicted molar refractivity (Wildman–Crippen MR) is 270 cm³/mol. The van der Waals surface area contributed by atoms with Crippen LogP contribution in [0.4, 0.5) is 0 Å². The normalized spacial score (nSPS) is 12.1. The number of esters is 3. The molecule has 0 heterocycles. The molecule has 0 aromatic carbocycles. The molecule has 0 N–H and O–H groups in total. The van der Waals surface area contributed by atoms with Crippen LogP contribution in [0.3, 0.4) is 0 Å². The Labute approximate surface area is 392 Å². The van der Waals surface area contributed by atoms with Gasteiger partial charge < -0.3 is 14.2 Å². The van der Waals surface area contributed by atoms with Crippen LogP contribution in [0.5, 0.6) is 0 Å². The molecule has 0 aromatic heterocycles. The quantitative estimate of drug-likeness (QED) is 0.0262. The van der Waals surface area contributed by atoms with Crippen molar-refractivity contribution >= 4 is 17.9 Å². The summed E-state index contributed by atoms with van der Waals surface area (Å²) in [5.41, 5.74) is 0. The van der Waals surface area contributed by atoms with Crippen LogP contribution in [0.1, 0.15) is 303 Å². The third kappa shape index (κ3) is 50.7. The monoisotopic (exact) mass is 887 g/mol. The molecular formula is C57H106O6. The summed E-state index contributed by atoms with van der Waals surface area (Å²) in [6.07, 6.45) is 60.1. The van der Waals surface area contributed by atoms with Crippen molar-refractivity contribution in [1.82, 2.24) is 0 Å². The molecule has 0 aliphatic carbocycles. The van der Waals surface area contributed by atoms with Gasteiger partial charge in [-0.15, -0.1) is 0 Å². The lowest BCUT2D eigenvalue weighted by Crippen LogP contribution is -2.30. The van der Waals surface area contributed by atoms with Crippen LogP contribution >= 0.6 is 0 Å². The predicted octanol–water partition coefficient (Wildman–Crippen LogP) is 18.3. The van der Waals surface area contributed by atoms with E-state index in [1.165, 1.54) is 193 Å². The Balaban J connectivity index is 4.33. The van der Waals surface area contributed by atoms with Crippen LogP contribution in [0.2, 0.25) is 0 Å². The van der Waals surface area contributed by atoms with Crippen molar-refractivity contribution in [2.45, 2.75) is 309 Å². The lowest BCUT2D eigenvalue weighted by molar-refractivity contribution is -0.167. The van der Waals surface area contributed by atoms with E-state index >= 15 is 0 Å². The lowest BCUT2D eigenvalue weighted by Gasteiger charge is -2.18. The molecule has 0 unspecified atom stereocenters. The van der Waals surface area contributed by atoms with E-state index in [4.69, 9.17) is 14.2 Å². The molecule has 0 saturated carbocycles. The second-order valence-corrected chi connectivity index (χ2v) is 18.9. The molecule has 0 bridgehead atoms. The van der Waals surface area contributed by atoms with Gasteiger partial charge >= 0.3 is 17.9 Å². The van der Waals surface area contributed by atoms with Crippen molar-refractivity contribution in [2.75, 3.05) is 13.2 Å². The minimum atomic E-state index is -0.768. The summed E-state index contributed by atoms with van der Waals surface area (Å²) in [6, 6.07) is 0. The first-order chi connectivity index (χ1) is 31.0. The van der Waals surface area contributed by atoms with Crippen LogP contribution in [-0.4, -0.2) is 37.2 Å². The van der Waals surface area contributed by atoms with Gasteiger partial charge in [-0.2, -0.15) is 0 Å². The highest BCUT2D eigenvalue weighted by atomic mass is 16.6. The van der Waals surface area contributed by atoms with E-state index in [9.17, 15) is 14.4 Å². The second kappa shape index (κ2) is 52.5. The number of allylic oxidation sites excluding steroid dienone is 4. The average Bonchev–Trinajstić information content (AvgIpc) is 3.28. The molecule has 0 saturated heterocycles. The van der Waals surface area contributed by atoms with Gasteiger partial charge in [0.1, 0.15) is 13.2 Å². The number of unbranched alkanes of at least 4 members (excludes halogenated alkanes) is 36. The first-order valence-electron chi connectivity index (χ1n) is 27.8. The first-order valence-corrected chi connectivity index (χ1v) is 27.8. The van der Waals surface area contributed by atoms with Crippen molar-refractivity contribution in [3.8, 4) is 0 Å². The highest BCUT2D eigenvalue weighted by Gasteiger charge is 2.19.